The molecule has 0 spiro atoms. The first kappa shape index (κ1) is 18.3. The molecule has 1 N–H and O–H groups in total. The van der Waals surface area contributed by atoms with Gasteiger partial charge in [0.2, 0.25) is 0 Å². The van der Waals surface area contributed by atoms with Crippen molar-refractivity contribution in [3.63, 3.8) is 0 Å². The van der Waals surface area contributed by atoms with Crippen LogP contribution in [-0.2, 0) is 0 Å². The SMILES string of the molecule is CCCOc1ccc(NC(=O)c2cc(Br)ccc2OCCC)cc1. The molecule has 0 bridgehead atoms. The van der Waals surface area contributed by atoms with E-state index >= 15 is 0 Å². The van der Waals surface area contributed by atoms with Crippen molar-refractivity contribution < 1.29 is 14.3 Å². The third-order valence-electron chi connectivity index (χ3n) is 3.23. The molecule has 128 valence electrons. The quantitative estimate of drug-likeness (QED) is 0.665. The summed E-state index contributed by atoms with van der Waals surface area (Å²) in [6.07, 6.45) is 1.85. The average molecular weight is 392 g/mol. The monoisotopic (exact) mass is 391 g/mol. The zero-order chi connectivity index (χ0) is 17.4. The van der Waals surface area contributed by atoms with Gasteiger partial charge in [-0.2, -0.15) is 0 Å². The minimum atomic E-state index is -0.204. The zero-order valence-electron chi connectivity index (χ0n) is 14.0. The maximum atomic E-state index is 12.6. The number of hydrogen-bond acceptors (Lipinski definition) is 3. The van der Waals surface area contributed by atoms with Crippen LogP contribution in [0.5, 0.6) is 11.5 Å². The highest BCUT2D eigenvalue weighted by molar-refractivity contribution is 9.10. The second-order valence-electron chi connectivity index (χ2n) is 5.32. The van der Waals surface area contributed by atoms with Crippen LogP contribution in [0.15, 0.2) is 46.9 Å². The Hall–Kier alpha value is -2.01. The molecule has 0 saturated carbocycles. The van der Waals surface area contributed by atoms with E-state index in [1.54, 1.807) is 12.1 Å². The van der Waals surface area contributed by atoms with Crippen molar-refractivity contribution in [2.24, 2.45) is 0 Å². The van der Waals surface area contributed by atoms with E-state index in [-0.39, 0.29) is 5.91 Å². The summed E-state index contributed by atoms with van der Waals surface area (Å²) in [5.41, 5.74) is 1.22. The molecule has 5 heteroatoms. The lowest BCUT2D eigenvalue weighted by molar-refractivity contribution is 0.102. The van der Waals surface area contributed by atoms with Gasteiger partial charge in [0.1, 0.15) is 11.5 Å². The van der Waals surface area contributed by atoms with E-state index in [9.17, 15) is 4.79 Å². The lowest BCUT2D eigenvalue weighted by Crippen LogP contribution is -2.14. The van der Waals surface area contributed by atoms with E-state index < -0.39 is 0 Å². The Labute approximate surface area is 151 Å². The Bertz CT molecular complexity index is 671. The van der Waals surface area contributed by atoms with Gasteiger partial charge in [-0.05, 0) is 55.3 Å². The van der Waals surface area contributed by atoms with Gasteiger partial charge in [0.15, 0.2) is 0 Å². The number of hydrogen-bond donors (Lipinski definition) is 1. The number of nitrogens with one attached hydrogen (secondary N) is 1. The number of benzene rings is 2. The molecule has 0 unspecified atom stereocenters. The molecule has 0 aliphatic rings. The molecule has 0 radical (unpaired) electrons. The maximum Gasteiger partial charge on any atom is 0.259 e. The summed E-state index contributed by atoms with van der Waals surface area (Å²) in [7, 11) is 0. The van der Waals surface area contributed by atoms with Crippen LogP contribution in [0.3, 0.4) is 0 Å². The number of carbonyl (C=O) groups excluding carboxylic acids is 1. The van der Waals surface area contributed by atoms with E-state index in [0.29, 0.717) is 30.2 Å². The highest BCUT2D eigenvalue weighted by Crippen LogP contribution is 2.25. The topological polar surface area (TPSA) is 47.6 Å². The molecule has 2 aromatic carbocycles. The number of anilines is 1. The van der Waals surface area contributed by atoms with Crippen LogP contribution in [0.4, 0.5) is 5.69 Å². The number of ether oxygens (including phenoxy) is 2. The Morgan fingerprint density at radius 1 is 1.00 bits per heavy atom. The van der Waals surface area contributed by atoms with Gasteiger partial charge in [0, 0.05) is 10.2 Å². The molecule has 0 aromatic heterocycles. The van der Waals surface area contributed by atoms with E-state index in [1.165, 1.54) is 0 Å². The fourth-order valence-corrected chi connectivity index (χ4v) is 2.43. The molecule has 1 amide bonds. The zero-order valence-corrected chi connectivity index (χ0v) is 15.6. The van der Waals surface area contributed by atoms with Crippen LogP contribution < -0.4 is 14.8 Å². The number of halogens is 1. The molecule has 0 aliphatic carbocycles. The molecule has 24 heavy (non-hydrogen) atoms. The number of rotatable bonds is 8. The van der Waals surface area contributed by atoms with E-state index in [4.69, 9.17) is 9.47 Å². The van der Waals surface area contributed by atoms with E-state index in [0.717, 1.165) is 23.1 Å². The van der Waals surface area contributed by atoms with Crippen LogP contribution in [0.2, 0.25) is 0 Å². The average Bonchev–Trinajstić information content (AvgIpc) is 2.60. The lowest BCUT2D eigenvalue weighted by atomic mass is 10.2. The summed E-state index contributed by atoms with van der Waals surface area (Å²) in [6, 6.07) is 12.8. The largest absolute Gasteiger partial charge is 0.494 e. The summed E-state index contributed by atoms with van der Waals surface area (Å²) < 4.78 is 12.0. The summed E-state index contributed by atoms with van der Waals surface area (Å²) in [5.74, 6) is 1.18. The standard InChI is InChI=1S/C19H22BrNO3/c1-3-11-23-16-8-6-15(7-9-16)21-19(22)17-13-14(20)5-10-18(17)24-12-4-2/h5-10,13H,3-4,11-12H2,1-2H3,(H,21,22). The highest BCUT2D eigenvalue weighted by Gasteiger charge is 2.13. The number of carbonyl (C=O) groups is 1. The molecule has 0 aliphatic heterocycles. The smallest absolute Gasteiger partial charge is 0.259 e. The van der Waals surface area contributed by atoms with E-state index in [2.05, 4.69) is 28.2 Å². The third-order valence-corrected chi connectivity index (χ3v) is 3.73. The van der Waals surface area contributed by atoms with Gasteiger partial charge in [-0.15, -0.1) is 0 Å². The van der Waals surface area contributed by atoms with Crippen molar-refractivity contribution in [3.8, 4) is 11.5 Å². The lowest BCUT2D eigenvalue weighted by Gasteiger charge is -2.12. The van der Waals surface area contributed by atoms with Gasteiger partial charge in [0.25, 0.3) is 5.91 Å². The fourth-order valence-electron chi connectivity index (χ4n) is 2.07. The summed E-state index contributed by atoms with van der Waals surface area (Å²) in [5, 5.41) is 2.89. The van der Waals surface area contributed by atoms with Crippen LogP contribution in [0.25, 0.3) is 0 Å². The Kier molecular flexibility index (Phi) is 7.12. The second kappa shape index (κ2) is 9.33. The molecule has 2 rings (SSSR count). The van der Waals surface area contributed by atoms with Gasteiger partial charge < -0.3 is 14.8 Å². The van der Waals surface area contributed by atoms with Crippen LogP contribution >= 0.6 is 15.9 Å². The molecule has 0 atom stereocenters. The van der Waals surface area contributed by atoms with Crippen molar-refractivity contribution >= 4 is 27.5 Å². The normalized spacial score (nSPS) is 10.3. The molecule has 4 nitrogen and oxygen atoms in total. The maximum absolute atomic E-state index is 12.6. The summed E-state index contributed by atoms with van der Waals surface area (Å²) in [6.45, 7) is 5.35. The van der Waals surface area contributed by atoms with Crippen molar-refractivity contribution in [1.29, 1.82) is 0 Å². The van der Waals surface area contributed by atoms with Crippen molar-refractivity contribution in [2.45, 2.75) is 26.7 Å². The predicted octanol–water partition coefficient (Wildman–Crippen LogP) is 5.28. The van der Waals surface area contributed by atoms with E-state index in [1.807, 2.05) is 37.3 Å². The van der Waals surface area contributed by atoms with Gasteiger partial charge in [0.05, 0.1) is 18.8 Å². The molecule has 2 aromatic rings. The van der Waals surface area contributed by atoms with Crippen LogP contribution in [0.1, 0.15) is 37.0 Å². The first-order chi connectivity index (χ1) is 11.6. The molecular formula is C19H22BrNO3. The predicted molar refractivity (Wildman–Crippen MR) is 100 cm³/mol. The van der Waals surface area contributed by atoms with Crippen LogP contribution in [-0.4, -0.2) is 19.1 Å². The third kappa shape index (κ3) is 5.27. The fraction of sp³-hybridized carbons (Fsp3) is 0.316. The number of amides is 1. The molecule has 0 fully saturated rings. The Balaban J connectivity index is 2.10. The highest BCUT2D eigenvalue weighted by atomic mass is 79.9. The van der Waals surface area contributed by atoms with Crippen molar-refractivity contribution in [2.75, 3.05) is 18.5 Å². The first-order valence-corrected chi connectivity index (χ1v) is 8.90. The van der Waals surface area contributed by atoms with Gasteiger partial charge in [-0.25, -0.2) is 0 Å². The van der Waals surface area contributed by atoms with Crippen LogP contribution in [0, 0.1) is 0 Å². The van der Waals surface area contributed by atoms with Gasteiger partial charge >= 0.3 is 0 Å². The summed E-state index contributed by atoms with van der Waals surface area (Å²) >= 11 is 3.40. The molecule has 0 heterocycles. The minimum Gasteiger partial charge on any atom is -0.494 e. The molecular weight excluding hydrogens is 370 g/mol. The second-order valence-corrected chi connectivity index (χ2v) is 6.23. The van der Waals surface area contributed by atoms with Gasteiger partial charge in [-0.3, -0.25) is 4.79 Å². The summed E-state index contributed by atoms with van der Waals surface area (Å²) in [4.78, 5) is 12.6. The van der Waals surface area contributed by atoms with Crippen molar-refractivity contribution in [1.82, 2.24) is 0 Å². The van der Waals surface area contributed by atoms with Crippen molar-refractivity contribution in [3.05, 3.63) is 52.5 Å². The molecule has 0 saturated heterocycles. The van der Waals surface area contributed by atoms with Gasteiger partial charge in [-0.1, -0.05) is 29.8 Å². The Morgan fingerprint density at radius 2 is 1.67 bits per heavy atom. The minimum absolute atomic E-state index is 0.204. The Morgan fingerprint density at radius 3 is 2.33 bits per heavy atom. The first-order valence-electron chi connectivity index (χ1n) is 8.10.